The Morgan fingerprint density at radius 2 is 1.68 bits per heavy atom. The highest BCUT2D eigenvalue weighted by Gasteiger charge is 2.22. The minimum absolute atomic E-state index is 0.163. The van der Waals surface area contributed by atoms with E-state index in [1.165, 1.54) is 0 Å². The molecule has 1 nitrogen and oxygen atoms in total. The first-order chi connectivity index (χ1) is 8.89. The molecule has 1 heteroatoms. The number of benzene rings is 2. The van der Waals surface area contributed by atoms with Gasteiger partial charge in [-0.1, -0.05) is 63.2 Å². The average molecular weight is 251 g/mol. The van der Waals surface area contributed by atoms with Gasteiger partial charge in [-0.2, -0.15) is 0 Å². The average Bonchev–Trinajstić information content (AvgIpc) is 2.37. The van der Waals surface area contributed by atoms with Crippen LogP contribution in [0.15, 0.2) is 48.5 Å². The smallest absolute Gasteiger partial charge is 0.168 e. The van der Waals surface area contributed by atoms with E-state index < -0.39 is 0 Å². The van der Waals surface area contributed by atoms with E-state index in [-0.39, 0.29) is 11.2 Å². The Hall–Kier alpha value is -1.89. The van der Waals surface area contributed by atoms with Crippen molar-refractivity contribution in [3.8, 4) is 11.1 Å². The van der Waals surface area contributed by atoms with E-state index in [0.717, 1.165) is 22.3 Å². The fourth-order valence-electron chi connectivity index (χ4n) is 2.06. The van der Waals surface area contributed by atoms with Crippen LogP contribution in [0.1, 0.15) is 36.7 Å². The van der Waals surface area contributed by atoms with E-state index in [9.17, 15) is 4.79 Å². The van der Waals surface area contributed by atoms with E-state index in [4.69, 9.17) is 0 Å². The molecule has 97 valence electrons. The number of hydrogen-bond donors (Lipinski definition) is 0. The van der Waals surface area contributed by atoms with Gasteiger partial charge < -0.3 is 0 Å². The first-order valence-corrected chi connectivity index (χ1v) is 6.46. The van der Waals surface area contributed by atoms with Crippen molar-refractivity contribution in [2.45, 2.75) is 20.8 Å². The number of carbonyl (C=O) groups excluding carboxylic acids is 1. The summed E-state index contributed by atoms with van der Waals surface area (Å²) in [5, 5.41) is 0. The van der Waals surface area contributed by atoms with Crippen molar-refractivity contribution in [3.05, 3.63) is 66.6 Å². The van der Waals surface area contributed by atoms with Crippen molar-refractivity contribution in [1.29, 1.82) is 0 Å². The van der Waals surface area contributed by atoms with Gasteiger partial charge in [0, 0.05) is 11.0 Å². The van der Waals surface area contributed by atoms with Gasteiger partial charge in [0.25, 0.3) is 0 Å². The summed E-state index contributed by atoms with van der Waals surface area (Å²) in [5.74, 6) is 0.163. The maximum atomic E-state index is 12.3. The lowest BCUT2D eigenvalue weighted by atomic mass is 9.85. The number of hydrogen-bond acceptors (Lipinski definition) is 1. The van der Waals surface area contributed by atoms with Gasteiger partial charge in [0.1, 0.15) is 0 Å². The molecule has 1 radical (unpaired) electrons. The van der Waals surface area contributed by atoms with Crippen LogP contribution in [0.25, 0.3) is 11.1 Å². The van der Waals surface area contributed by atoms with Gasteiger partial charge in [0.15, 0.2) is 5.78 Å². The van der Waals surface area contributed by atoms with E-state index in [1.807, 2.05) is 69.3 Å². The molecule has 0 aliphatic carbocycles. The Labute approximate surface area is 115 Å². The normalized spacial score (nSPS) is 11.4. The summed E-state index contributed by atoms with van der Waals surface area (Å²) in [6, 6.07) is 15.7. The first-order valence-electron chi connectivity index (χ1n) is 6.46. The third-order valence-electron chi connectivity index (χ3n) is 3.13. The topological polar surface area (TPSA) is 17.1 Å². The molecule has 0 atom stereocenters. The van der Waals surface area contributed by atoms with E-state index in [2.05, 4.69) is 6.92 Å². The molecule has 2 aromatic rings. The van der Waals surface area contributed by atoms with Crippen molar-refractivity contribution in [2.75, 3.05) is 0 Å². The summed E-state index contributed by atoms with van der Waals surface area (Å²) in [5.41, 5.74) is 3.49. The van der Waals surface area contributed by atoms with Gasteiger partial charge >= 0.3 is 0 Å². The van der Waals surface area contributed by atoms with Gasteiger partial charge in [-0.3, -0.25) is 4.79 Å². The maximum absolute atomic E-state index is 12.3. The van der Waals surface area contributed by atoms with Gasteiger partial charge in [0.2, 0.25) is 0 Å². The predicted molar refractivity (Wildman–Crippen MR) is 80.1 cm³/mol. The van der Waals surface area contributed by atoms with E-state index >= 15 is 0 Å². The molecule has 0 fully saturated rings. The third kappa shape index (κ3) is 2.93. The van der Waals surface area contributed by atoms with E-state index in [1.54, 1.807) is 0 Å². The molecular formula is C18H19O. The molecule has 0 saturated carbocycles. The molecule has 0 bridgehead atoms. The van der Waals surface area contributed by atoms with Crippen LogP contribution in [0.4, 0.5) is 0 Å². The van der Waals surface area contributed by atoms with Gasteiger partial charge in [-0.15, -0.1) is 0 Å². The Bertz CT molecular complexity index is 603. The molecule has 0 aliphatic heterocycles. The highest BCUT2D eigenvalue weighted by atomic mass is 16.1. The summed E-state index contributed by atoms with van der Waals surface area (Å²) in [4.78, 5) is 12.3. The highest BCUT2D eigenvalue weighted by molar-refractivity contribution is 6.00. The lowest BCUT2D eigenvalue weighted by Crippen LogP contribution is -2.20. The fraction of sp³-hybridized carbons (Fsp3) is 0.222. The lowest BCUT2D eigenvalue weighted by Gasteiger charge is -2.17. The first kappa shape index (κ1) is 13.5. The molecule has 2 aromatic carbocycles. The van der Waals surface area contributed by atoms with Gasteiger partial charge in [0.05, 0.1) is 0 Å². The van der Waals surface area contributed by atoms with Crippen molar-refractivity contribution in [2.24, 2.45) is 5.41 Å². The Morgan fingerprint density at radius 1 is 1.00 bits per heavy atom. The van der Waals surface area contributed by atoms with Crippen LogP contribution in [0, 0.1) is 12.3 Å². The van der Waals surface area contributed by atoms with Gasteiger partial charge in [-0.25, -0.2) is 0 Å². The summed E-state index contributed by atoms with van der Waals surface area (Å²) >= 11 is 0. The number of carbonyl (C=O) groups is 1. The molecule has 0 spiro atoms. The lowest BCUT2D eigenvalue weighted by molar-refractivity contribution is 0.0858. The summed E-state index contributed by atoms with van der Waals surface area (Å²) in [6.07, 6.45) is 0. The standard InChI is InChI=1S/C18H19O/c1-13-8-5-6-11-16(13)14-9-7-10-15(12-14)17(19)18(2,3)4/h5-12H,1H2,2-4H3. The SMILES string of the molecule is [CH2]c1ccccc1-c1cccc(C(=O)C(C)(C)C)c1. The monoisotopic (exact) mass is 251 g/mol. The van der Waals surface area contributed by atoms with Crippen molar-refractivity contribution < 1.29 is 4.79 Å². The molecule has 0 saturated heterocycles. The summed E-state index contributed by atoms with van der Waals surface area (Å²) < 4.78 is 0. The van der Waals surface area contributed by atoms with Crippen molar-refractivity contribution in [1.82, 2.24) is 0 Å². The zero-order valence-corrected chi connectivity index (χ0v) is 11.7. The maximum Gasteiger partial charge on any atom is 0.168 e. The Kier molecular flexibility index (Phi) is 3.57. The van der Waals surface area contributed by atoms with Crippen LogP contribution in [0.3, 0.4) is 0 Å². The number of ketones is 1. The van der Waals surface area contributed by atoms with E-state index in [0.29, 0.717) is 0 Å². The molecule has 0 N–H and O–H groups in total. The molecular weight excluding hydrogens is 232 g/mol. The van der Waals surface area contributed by atoms with Crippen molar-refractivity contribution >= 4 is 5.78 Å². The quantitative estimate of drug-likeness (QED) is 0.703. The molecule has 0 unspecified atom stereocenters. The molecule has 0 heterocycles. The largest absolute Gasteiger partial charge is 0.294 e. The molecule has 2 rings (SSSR count). The molecule has 0 aromatic heterocycles. The fourth-order valence-corrected chi connectivity index (χ4v) is 2.06. The summed E-state index contributed by atoms with van der Waals surface area (Å²) in [7, 11) is 0. The second-order valence-corrected chi connectivity index (χ2v) is 5.82. The molecule has 19 heavy (non-hydrogen) atoms. The van der Waals surface area contributed by atoms with Gasteiger partial charge in [-0.05, 0) is 29.7 Å². The zero-order chi connectivity index (χ0) is 14.0. The number of rotatable bonds is 2. The minimum atomic E-state index is -0.359. The predicted octanol–water partition coefficient (Wildman–Crippen LogP) is 4.76. The van der Waals surface area contributed by atoms with Crippen molar-refractivity contribution in [3.63, 3.8) is 0 Å². The highest BCUT2D eigenvalue weighted by Crippen LogP contribution is 2.27. The second-order valence-electron chi connectivity index (χ2n) is 5.82. The van der Waals surface area contributed by atoms with Crippen LogP contribution < -0.4 is 0 Å². The summed E-state index contributed by atoms with van der Waals surface area (Å²) in [6.45, 7) is 9.86. The Morgan fingerprint density at radius 3 is 2.32 bits per heavy atom. The van der Waals surface area contributed by atoms with Crippen LogP contribution in [0.5, 0.6) is 0 Å². The third-order valence-corrected chi connectivity index (χ3v) is 3.13. The number of Topliss-reactive ketones (excluding diaryl/α,β-unsaturated/α-hetero) is 1. The Balaban J connectivity index is 2.47. The minimum Gasteiger partial charge on any atom is -0.294 e. The van der Waals surface area contributed by atoms with Crippen LogP contribution >= 0.6 is 0 Å². The van der Waals surface area contributed by atoms with Crippen LogP contribution in [0.2, 0.25) is 0 Å². The molecule has 0 amide bonds. The second kappa shape index (κ2) is 5.00. The van der Waals surface area contributed by atoms with Crippen LogP contribution in [-0.2, 0) is 0 Å². The zero-order valence-electron chi connectivity index (χ0n) is 11.7. The van der Waals surface area contributed by atoms with Crippen LogP contribution in [-0.4, -0.2) is 5.78 Å². The molecule has 0 aliphatic rings.